The second-order valence-corrected chi connectivity index (χ2v) is 7.32. The van der Waals surface area contributed by atoms with Gasteiger partial charge in [-0.3, -0.25) is 0 Å². The molecule has 0 radical (unpaired) electrons. The molecule has 0 atom stereocenters. The van der Waals surface area contributed by atoms with Gasteiger partial charge in [0, 0.05) is 24.1 Å². The van der Waals surface area contributed by atoms with Crippen LogP contribution < -0.4 is 24.8 Å². The number of benzene rings is 1. The summed E-state index contributed by atoms with van der Waals surface area (Å²) < 4.78 is 16.3. The Morgan fingerprint density at radius 1 is 1.10 bits per heavy atom. The van der Waals surface area contributed by atoms with Gasteiger partial charge in [-0.15, -0.1) is 35.3 Å². The molecule has 0 unspecified atom stereocenters. The summed E-state index contributed by atoms with van der Waals surface area (Å²) in [5.74, 6) is 3.18. The number of guanidine groups is 1. The minimum atomic E-state index is 0. The molecule has 0 aliphatic rings. The molecule has 2 N–H and O–H groups in total. The van der Waals surface area contributed by atoms with Gasteiger partial charge in [-0.2, -0.15) is 0 Å². The molecular formula is C20H31IN4O3S. The molecular weight excluding hydrogens is 503 g/mol. The van der Waals surface area contributed by atoms with Crippen molar-refractivity contribution in [3.05, 3.63) is 33.8 Å². The van der Waals surface area contributed by atoms with E-state index in [9.17, 15) is 0 Å². The number of thiazole rings is 1. The Bertz CT molecular complexity index is 771. The summed E-state index contributed by atoms with van der Waals surface area (Å²) >= 11 is 1.66. The number of nitrogens with zero attached hydrogens (tertiary/aromatic N) is 2. The minimum absolute atomic E-state index is 0. The third-order valence-electron chi connectivity index (χ3n) is 4.12. The fraction of sp³-hybridized carbons (Fsp3) is 0.500. The van der Waals surface area contributed by atoms with Gasteiger partial charge in [-0.1, -0.05) is 13.8 Å². The van der Waals surface area contributed by atoms with E-state index < -0.39 is 0 Å². The lowest BCUT2D eigenvalue weighted by molar-refractivity contribution is 0.369. The largest absolute Gasteiger partial charge is 0.496 e. The van der Waals surface area contributed by atoms with Gasteiger partial charge in [0.15, 0.2) is 5.96 Å². The van der Waals surface area contributed by atoms with Crippen molar-refractivity contribution in [1.82, 2.24) is 15.6 Å². The normalized spacial score (nSPS) is 11.1. The van der Waals surface area contributed by atoms with Gasteiger partial charge < -0.3 is 24.8 Å². The lowest BCUT2D eigenvalue weighted by Gasteiger charge is -2.15. The molecule has 0 saturated heterocycles. The Morgan fingerprint density at radius 2 is 1.76 bits per heavy atom. The van der Waals surface area contributed by atoms with Crippen LogP contribution in [-0.4, -0.2) is 38.8 Å². The summed E-state index contributed by atoms with van der Waals surface area (Å²) in [4.78, 5) is 9.34. The molecule has 0 spiro atoms. The number of hydrogen-bond acceptors (Lipinski definition) is 6. The molecule has 2 rings (SSSR count). The molecule has 0 aliphatic carbocycles. The molecule has 0 saturated carbocycles. The van der Waals surface area contributed by atoms with Gasteiger partial charge in [0.25, 0.3) is 0 Å². The molecule has 7 nitrogen and oxygen atoms in total. The molecule has 0 fully saturated rings. The van der Waals surface area contributed by atoms with Crippen LogP contribution in [0, 0.1) is 0 Å². The second-order valence-electron chi connectivity index (χ2n) is 6.38. The van der Waals surface area contributed by atoms with E-state index in [0.29, 0.717) is 42.2 Å². The van der Waals surface area contributed by atoms with Crippen molar-refractivity contribution in [3.63, 3.8) is 0 Å². The van der Waals surface area contributed by atoms with E-state index in [1.807, 2.05) is 19.1 Å². The topological polar surface area (TPSA) is 77.0 Å². The molecule has 0 bridgehead atoms. The first kappa shape index (κ1) is 25.3. The predicted octanol–water partition coefficient (Wildman–Crippen LogP) is 4.17. The van der Waals surface area contributed by atoms with E-state index in [-0.39, 0.29) is 24.0 Å². The maximum Gasteiger partial charge on any atom is 0.191 e. The number of nitrogens with one attached hydrogen (secondary N) is 2. The number of aromatic nitrogens is 1. The van der Waals surface area contributed by atoms with Gasteiger partial charge in [0.05, 0.1) is 45.7 Å². The lowest BCUT2D eigenvalue weighted by Crippen LogP contribution is -2.36. The number of aliphatic imine (C=N–C) groups is 1. The standard InChI is InChI=1S/C20H30N4O3S.HI/c1-7-21-20(23-11-19-24-16(12-28-19)13(2)3)22-10-15-17(26-5)8-14(25-4)9-18(15)27-6;/h8-9,12-13H,7,10-11H2,1-6H3,(H2,21,22,23);1H. The van der Waals surface area contributed by atoms with Crippen LogP contribution in [-0.2, 0) is 13.1 Å². The molecule has 1 aromatic heterocycles. The molecule has 2 aromatic rings. The maximum absolute atomic E-state index is 5.50. The lowest BCUT2D eigenvalue weighted by atomic mass is 10.1. The summed E-state index contributed by atoms with van der Waals surface area (Å²) in [5.41, 5.74) is 1.98. The molecule has 29 heavy (non-hydrogen) atoms. The van der Waals surface area contributed by atoms with Gasteiger partial charge in [-0.25, -0.2) is 9.98 Å². The van der Waals surface area contributed by atoms with Crippen molar-refractivity contribution in [3.8, 4) is 17.2 Å². The van der Waals surface area contributed by atoms with Crippen LogP contribution in [0.5, 0.6) is 17.2 Å². The van der Waals surface area contributed by atoms with Crippen LogP contribution in [0.1, 0.15) is 43.0 Å². The fourth-order valence-corrected chi connectivity index (χ4v) is 3.46. The van der Waals surface area contributed by atoms with Gasteiger partial charge in [0.2, 0.25) is 0 Å². The van der Waals surface area contributed by atoms with Crippen molar-refractivity contribution < 1.29 is 14.2 Å². The molecule has 1 heterocycles. The first-order valence-electron chi connectivity index (χ1n) is 9.27. The SMILES string of the molecule is CCNC(=NCc1c(OC)cc(OC)cc1OC)NCc1nc(C(C)C)cs1.I. The Kier molecular flexibility index (Phi) is 11.1. The van der Waals surface area contributed by atoms with Crippen LogP contribution >= 0.6 is 35.3 Å². The van der Waals surface area contributed by atoms with Crippen LogP contribution in [0.2, 0.25) is 0 Å². The zero-order chi connectivity index (χ0) is 20.5. The van der Waals surface area contributed by atoms with Crippen LogP contribution in [0.4, 0.5) is 0 Å². The second kappa shape index (κ2) is 12.7. The monoisotopic (exact) mass is 534 g/mol. The third-order valence-corrected chi connectivity index (χ3v) is 4.99. The van der Waals surface area contributed by atoms with Gasteiger partial charge in [0.1, 0.15) is 22.3 Å². The average molecular weight is 534 g/mol. The van der Waals surface area contributed by atoms with E-state index in [1.54, 1.807) is 32.7 Å². The molecule has 162 valence electrons. The summed E-state index contributed by atoms with van der Waals surface area (Å²) in [6.45, 7) is 8.12. The summed E-state index contributed by atoms with van der Waals surface area (Å²) in [5, 5.41) is 9.74. The van der Waals surface area contributed by atoms with Crippen molar-refractivity contribution >= 4 is 41.3 Å². The molecule has 9 heteroatoms. The van der Waals surface area contributed by atoms with Crippen LogP contribution in [0.15, 0.2) is 22.5 Å². The Labute approximate surface area is 194 Å². The highest BCUT2D eigenvalue weighted by Crippen LogP contribution is 2.34. The van der Waals surface area contributed by atoms with Gasteiger partial charge >= 0.3 is 0 Å². The Balaban J connectivity index is 0.00000420. The molecule has 0 aliphatic heterocycles. The Hall–Kier alpha value is -1.75. The van der Waals surface area contributed by atoms with E-state index in [4.69, 9.17) is 14.2 Å². The number of halogens is 1. The van der Waals surface area contributed by atoms with Crippen molar-refractivity contribution in [2.45, 2.75) is 39.8 Å². The van der Waals surface area contributed by atoms with Gasteiger partial charge in [-0.05, 0) is 12.8 Å². The fourth-order valence-electron chi connectivity index (χ4n) is 2.56. The number of methoxy groups -OCH3 is 3. The Morgan fingerprint density at radius 3 is 2.24 bits per heavy atom. The molecule has 1 aromatic carbocycles. The number of ether oxygens (including phenoxy) is 3. The maximum atomic E-state index is 5.50. The van der Waals surface area contributed by atoms with Crippen molar-refractivity contribution in [2.24, 2.45) is 4.99 Å². The first-order valence-corrected chi connectivity index (χ1v) is 10.2. The van der Waals surface area contributed by atoms with Crippen molar-refractivity contribution in [2.75, 3.05) is 27.9 Å². The van der Waals surface area contributed by atoms with Crippen LogP contribution in [0.3, 0.4) is 0 Å². The highest BCUT2D eigenvalue weighted by molar-refractivity contribution is 14.0. The highest BCUT2D eigenvalue weighted by Gasteiger charge is 2.13. The first-order chi connectivity index (χ1) is 13.5. The van der Waals surface area contributed by atoms with E-state index in [0.717, 1.165) is 22.8 Å². The van der Waals surface area contributed by atoms with E-state index >= 15 is 0 Å². The highest BCUT2D eigenvalue weighted by atomic mass is 127. The van der Waals surface area contributed by atoms with E-state index in [2.05, 4.69) is 39.8 Å². The quantitative estimate of drug-likeness (QED) is 0.286. The summed E-state index contributed by atoms with van der Waals surface area (Å²) in [6.07, 6.45) is 0. The van der Waals surface area contributed by atoms with Crippen LogP contribution in [0.25, 0.3) is 0 Å². The third kappa shape index (κ3) is 7.22. The minimum Gasteiger partial charge on any atom is -0.496 e. The van der Waals surface area contributed by atoms with E-state index in [1.165, 1.54) is 0 Å². The molecule has 0 amide bonds. The number of hydrogen-bond donors (Lipinski definition) is 2. The zero-order valence-electron chi connectivity index (χ0n) is 17.9. The van der Waals surface area contributed by atoms with Crippen molar-refractivity contribution in [1.29, 1.82) is 0 Å². The zero-order valence-corrected chi connectivity index (χ0v) is 21.0. The summed E-state index contributed by atoms with van der Waals surface area (Å²) in [6, 6.07) is 3.66. The number of rotatable bonds is 9. The smallest absolute Gasteiger partial charge is 0.191 e. The summed E-state index contributed by atoms with van der Waals surface area (Å²) in [7, 11) is 4.86. The average Bonchev–Trinajstić information content (AvgIpc) is 3.18. The predicted molar refractivity (Wildman–Crippen MR) is 129 cm³/mol.